The summed E-state index contributed by atoms with van der Waals surface area (Å²) in [4.78, 5) is 2.54. The summed E-state index contributed by atoms with van der Waals surface area (Å²) in [6, 6.07) is 6.69. The minimum atomic E-state index is 0.506. The number of methoxy groups -OCH3 is 1. The fraction of sp³-hybridized carbons (Fsp3) is 0.600. The van der Waals surface area contributed by atoms with Crippen LogP contribution in [0.1, 0.15) is 25.3 Å². The van der Waals surface area contributed by atoms with Crippen LogP contribution in [0.4, 0.5) is 0 Å². The Hall–Kier alpha value is -0.580. The van der Waals surface area contributed by atoms with Gasteiger partial charge in [0, 0.05) is 29.2 Å². The molecule has 1 aromatic carbocycles. The predicted molar refractivity (Wildman–Crippen MR) is 82.7 cm³/mol. The summed E-state index contributed by atoms with van der Waals surface area (Å²) in [5.41, 5.74) is 1.21. The summed E-state index contributed by atoms with van der Waals surface area (Å²) in [5.74, 6) is 0.940. The van der Waals surface area contributed by atoms with Crippen LogP contribution in [0.2, 0.25) is 0 Å². The maximum absolute atomic E-state index is 5.41. The Kier molecular flexibility index (Phi) is 5.67. The molecule has 0 spiro atoms. The second-order valence-corrected chi connectivity index (χ2v) is 6.16. The molecular weight excluding hydrogens is 304 g/mol. The van der Waals surface area contributed by atoms with Gasteiger partial charge in [-0.3, -0.25) is 0 Å². The third-order valence-electron chi connectivity index (χ3n) is 3.62. The summed E-state index contributed by atoms with van der Waals surface area (Å²) in [7, 11) is 1.72. The zero-order valence-electron chi connectivity index (χ0n) is 11.8. The molecule has 1 saturated heterocycles. The van der Waals surface area contributed by atoms with Gasteiger partial charge in [0.15, 0.2) is 0 Å². The first-order valence-electron chi connectivity index (χ1n) is 6.97. The number of ether oxygens (including phenoxy) is 1. The van der Waals surface area contributed by atoms with Gasteiger partial charge < -0.3 is 15.0 Å². The van der Waals surface area contributed by atoms with Crippen molar-refractivity contribution in [2.24, 2.45) is 0 Å². The van der Waals surface area contributed by atoms with Crippen LogP contribution in [0, 0.1) is 0 Å². The van der Waals surface area contributed by atoms with Crippen molar-refractivity contribution in [3.63, 3.8) is 0 Å². The first kappa shape index (κ1) is 14.8. The van der Waals surface area contributed by atoms with Crippen LogP contribution in [0.15, 0.2) is 22.7 Å². The maximum Gasteiger partial charge on any atom is 0.124 e. The smallest absolute Gasteiger partial charge is 0.124 e. The van der Waals surface area contributed by atoms with Gasteiger partial charge in [0.25, 0.3) is 0 Å². The molecule has 106 valence electrons. The average molecular weight is 327 g/mol. The Morgan fingerprint density at radius 2 is 2.11 bits per heavy atom. The van der Waals surface area contributed by atoms with Crippen LogP contribution in [0.3, 0.4) is 0 Å². The Balaban J connectivity index is 1.83. The molecule has 1 N–H and O–H groups in total. The monoisotopic (exact) mass is 326 g/mol. The summed E-state index contributed by atoms with van der Waals surface area (Å²) < 4.78 is 6.47. The molecule has 0 bridgehead atoms. The highest BCUT2D eigenvalue weighted by Gasteiger charge is 2.14. The molecule has 0 aromatic heterocycles. The largest absolute Gasteiger partial charge is 0.496 e. The third-order valence-corrected chi connectivity index (χ3v) is 4.11. The zero-order valence-corrected chi connectivity index (χ0v) is 13.4. The number of nitrogens with one attached hydrogen (secondary N) is 1. The second kappa shape index (κ2) is 7.27. The van der Waals surface area contributed by atoms with E-state index in [4.69, 9.17) is 4.74 Å². The highest BCUT2D eigenvalue weighted by atomic mass is 79.9. The minimum Gasteiger partial charge on any atom is -0.496 e. The summed E-state index contributed by atoms with van der Waals surface area (Å²) >= 11 is 3.47. The van der Waals surface area contributed by atoms with Crippen molar-refractivity contribution in [1.29, 1.82) is 0 Å². The molecular formula is C15H23BrN2O. The molecule has 2 rings (SSSR count). The fourth-order valence-corrected chi connectivity index (χ4v) is 2.91. The summed E-state index contributed by atoms with van der Waals surface area (Å²) in [5, 5.41) is 3.58. The molecule has 19 heavy (non-hydrogen) atoms. The number of hydrogen-bond acceptors (Lipinski definition) is 3. The number of benzene rings is 1. The van der Waals surface area contributed by atoms with Crippen molar-refractivity contribution >= 4 is 15.9 Å². The van der Waals surface area contributed by atoms with Crippen molar-refractivity contribution in [3.05, 3.63) is 28.2 Å². The molecule has 0 aliphatic carbocycles. The van der Waals surface area contributed by atoms with E-state index in [1.54, 1.807) is 7.11 Å². The lowest BCUT2D eigenvalue weighted by Gasteiger charge is -2.21. The lowest BCUT2D eigenvalue weighted by atomic mass is 10.2. The highest BCUT2D eigenvalue weighted by molar-refractivity contribution is 9.10. The van der Waals surface area contributed by atoms with Crippen molar-refractivity contribution < 1.29 is 4.74 Å². The average Bonchev–Trinajstić information content (AvgIpc) is 2.90. The van der Waals surface area contributed by atoms with Gasteiger partial charge >= 0.3 is 0 Å². The van der Waals surface area contributed by atoms with Crippen LogP contribution in [-0.2, 0) is 6.54 Å². The van der Waals surface area contributed by atoms with E-state index < -0.39 is 0 Å². The molecule has 1 heterocycles. The van der Waals surface area contributed by atoms with E-state index in [0.29, 0.717) is 6.04 Å². The Labute approximate surface area is 124 Å². The van der Waals surface area contributed by atoms with Gasteiger partial charge in [0.1, 0.15) is 5.75 Å². The van der Waals surface area contributed by atoms with Crippen molar-refractivity contribution in [2.75, 3.05) is 26.7 Å². The van der Waals surface area contributed by atoms with Gasteiger partial charge in [-0.05, 0) is 45.0 Å². The standard InChI is InChI=1S/C15H23BrN2O/c1-12(11-18-7-3-4-8-18)17-10-13-5-6-14(16)9-15(13)19-2/h5-6,9,12,17H,3-4,7-8,10-11H2,1-2H3. The topological polar surface area (TPSA) is 24.5 Å². The Morgan fingerprint density at radius 3 is 2.79 bits per heavy atom. The number of likely N-dealkylation sites (tertiary alicyclic amines) is 1. The van der Waals surface area contributed by atoms with Crippen LogP contribution in [0.5, 0.6) is 5.75 Å². The normalized spacial score (nSPS) is 17.6. The predicted octanol–water partition coefficient (Wildman–Crippen LogP) is 3.03. The van der Waals surface area contributed by atoms with Crippen LogP contribution in [0.25, 0.3) is 0 Å². The lowest BCUT2D eigenvalue weighted by Crippen LogP contribution is -2.37. The Morgan fingerprint density at radius 1 is 1.37 bits per heavy atom. The number of nitrogens with zero attached hydrogens (tertiary/aromatic N) is 1. The summed E-state index contributed by atoms with van der Waals surface area (Å²) in [6.45, 7) is 6.76. The minimum absolute atomic E-state index is 0.506. The molecule has 3 nitrogen and oxygen atoms in total. The quantitative estimate of drug-likeness (QED) is 0.869. The number of halogens is 1. The molecule has 1 atom stereocenters. The van der Waals surface area contributed by atoms with Gasteiger partial charge in [-0.15, -0.1) is 0 Å². The van der Waals surface area contributed by atoms with Crippen LogP contribution < -0.4 is 10.1 Å². The van der Waals surface area contributed by atoms with Crippen molar-refractivity contribution in [2.45, 2.75) is 32.4 Å². The zero-order chi connectivity index (χ0) is 13.7. The van der Waals surface area contributed by atoms with Gasteiger partial charge in [-0.25, -0.2) is 0 Å². The van der Waals surface area contributed by atoms with Gasteiger partial charge in [0.05, 0.1) is 7.11 Å². The maximum atomic E-state index is 5.41. The summed E-state index contributed by atoms with van der Waals surface area (Å²) in [6.07, 6.45) is 2.71. The molecule has 1 aromatic rings. The molecule has 4 heteroatoms. The molecule has 1 aliphatic rings. The third kappa shape index (κ3) is 4.48. The number of hydrogen-bond donors (Lipinski definition) is 1. The Bertz CT molecular complexity index is 405. The highest BCUT2D eigenvalue weighted by Crippen LogP contribution is 2.23. The van der Waals surface area contributed by atoms with E-state index in [1.165, 1.54) is 31.5 Å². The fourth-order valence-electron chi connectivity index (χ4n) is 2.57. The van der Waals surface area contributed by atoms with Crippen LogP contribution >= 0.6 is 15.9 Å². The van der Waals surface area contributed by atoms with Gasteiger partial charge in [-0.1, -0.05) is 22.0 Å². The van der Waals surface area contributed by atoms with Crippen molar-refractivity contribution in [1.82, 2.24) is 10.2 Å². The van der Waals surface area contributed by atoms with E-state index in [-0.39, 0.29) is 0 Å². The molecule has 0 radical (unpaired) electrons. The van der Waals surface area contributed by atoms with E-state index in [9.17, 15) is 0 Å². The van der Waals surface area contributed by atoms with E-state index in [0.717, 1.165) is 23.3 Å². The first-order chi connectivity index (χ1) is 9.19. The van der Waals surface area contributed by atoms with Crippen LogP contribution in [-0.4, -0.2) is 37.7 Å². The SMILES string of the molecule is COc1cc(Br)ccc1CNC(C)CN1CCCC1. The molecule has 1 fully saturated rings. The second-order valence-electron chi connectivity index (χ2n) is 5.25. The molecule has 1 aliphatic heterocycles. The van der Waals surface area contributed by atoms with E-state index in [1.807, 2.05) is 6.07 Å². The lowest BCUT2D eigenvalue weighted by molar-refractivity contribution is 0.297. The molecule has 0 amide bonds. The molecule has 0 saturated carbocycles. The first-order valence-corrected chi connectivity index (χ1v) is 7.76. The van der Waals surface area contributed by atoms with E-state index >= 15 is 0 Å². The van der Waals surface area contributed by atoms with Gasteiger partial charge in [-0.2, -0.15) is 0 Å². The van der Waals surface area contributed by atoms with Gasteiger partial charge in [0.2, 0.25) is 0 Å². The van der Waals surface area contributed by atoms with E-state index in [2.05, 4.69) is 45.2 Å². The molecule has 1 unspecified atom stereocenters. The number of rotatable bonds is 6. The van der Waals surface area contributed by atoms with Crippen molar-refractivity contribution in [3.8, 4) is 5.75 Å².